The molecule has 3 N–H and O–H groups in total. The predicted molar refractivity (Wildman–Crippen MR) is 89.6 cm³/mol. The summed E-state index contributed by atoms with van der Waals surface area (Å²) in [7, 11) is 1.59. The smallest absolute Gasteiger partial charge is 0.387 e. The van der Waals surface area contributed by atoms with Crippen molar-refractivity contribution in [2.24, 2.45) is 0 Å². The van der Waals surface area contributed by atoms with Crippen LogP contribution in [0.5, 0.6) is 5.75 Å². The number of carbonyl (C=O) groups is 2. The van der Waals surface area contributed by atoms with Gasteiger partial charge in [-0.15, -0.1) is 0 Å². The molecule has 6 nitrogen and oxygen atoms in total. The molecule has 1 aromatic carbocycles. The first-order valence-electron chi connectivity index (χ1n) is 8.27. The zero-order chi connectivity index (χ0) is 18.3. The van der Waals surface area contributed by atoms with Crippen molar-refractivity contribution in [2.45, 2.75) is 44.3 Å². The number of likely N-dealkylation sites (N-methyl/N-ethyl adjacent to an activating group) is 1. The Morgan fingerprint density at radius 2 is 1.80 bits per heavy atom. The molecule has 1 aromatic rings. The van der Waals surface area contributed by atoms with Gasteiger partial charge in [-0.25, -0.2) is 0 Å². The van der Waals surface area contributed by atoms with Crippen LogP contribution in [0.15, 0.2) is 24.3 Å². The van der Waals surface area contributed by atoms with Crippen molar-refractivity contribution in [3.63, 3.8) is 0 Å². The molecule has 138 valence electrons. The largest absolute Gasteiger partial charge is 0.435 e. The van der Waals surface area contributed by atoms with E-state index in [2.05, 4.69) is 20.7 Å². The summed E-state index contributed by atoms with van der Waals surface area (Å²) in [4.78, 5) is 24.3. The van der Waals surface area contributed by atoms with E-state index in [1.165, 1.54) is 24.3 Å². The normalized spacial score (nSPS) is 16.3. The summed E-state index contributed by atoms with van der Waals surface area (Å²) in [6.45, 7) is -2.90. The Labute approximate surface area is 145 Å². The van der Waals surface area contributed by atoms with Crippen LogP contribution in [-0.4, -0.2) is 37.6 Å². The summed E-state index contributed by atoms with van der Waals surface area (Å²) in [5.74, 6) is -0.392. The van der Waals surface area contributed by atoms with Crippen LogP contribution >= 0.6 is 0 Å². The van der Waals surface area contributed by atoms with Crippen molar-refractivity contribution in [1.29, 1.82) is 0 Å². The molecule has 2 amide bonds. The molecule has 0 aliphatic heterocycles. The third-order valence-electron chi connectivity index (χ3n) is 4.32. The van der Waals surface area contributed by atoms with Gasteiger partial charge in [0.05, 0.1) is 12.1 Å². The van der Waals surface area contributed by atoms with Crippen molar-refractivity contribution < 1.29 is 23.1 Å². The molecule has 0 spiro atoms. The summed E-state index contributed by atoms with van der Waals surface area (Å²) in [6.07, 6.45) is 4.35. The van der Waals surface area contributed by atoms with Crippen molar-refractivity contribution in [1.82, 2.24) is 10.6 Å². The Bertz CT molecular complexity index is 587. The van der Waals surface area contributed by atoms with Gasteiger partial charge in [-0.3, -0.25) is 14.9 Å². The number of benzene rings is 1. The Morgan fingerprint density at radius 3 is 2.36 bits per heavy atom. The first-order chi connectivity index (χ1) is 11.9. The summed E-state index contributed by atoms with van der Waals surface area (Å²) in [5.41, 5.74) is -0.245. The van der Waals surface area contributed by atoms with Crippen LogP contribution in [0.2, 0.25) is 0 Å². The monoisotopic (exact) mass is 355 g/mol. The minimum Gasteiger partial charge on any atom is -0.435 e. The average Bonchev–Trinajstić information content (AvgIpc) is 2.61. The zero-order valence-corrected chi connectivity index (χ0v) is 14.1. The Hall–Kier alpha value is -2.22. The van der Waals surface area contributed by atoms with Crippen LogP contribution in [0.3, 0.4) is 0 Å². The Kier molecular flexibility index (Phi) is 6.69. The average molecular weight is 355 g/mol. The minimum absolute atomic E-state index is 0.0112. The molecule has 1 aliphatic rings. The van der Waals surface area contributed by atoms with Crippen molar-refractivity contribution in [3.05, 3.63) is 24.3 Å². The summed E-state index contributed by atoms with van der Waals surface area (Å²) in [5, 5.41) is 8.42. The van der Waals surface area contributed by atoms with Crippen LogP contribution < -0.4 is 20.7 Å². The van der Waals surface area contributed by atoms with Crippen LogP contribution in [0.1, 0.15) is 32.1 Å². The van der Waals surface area contributed by atoms with Gasteiger partial charge in [0.25, 0.3) is 0 Å². The van der Waals surface area contributed by atoms with Gasteiger partial charge in [0, 0.05) is 12.7 Å². The van der Waals surface area contributed by atoms with E-state index in [4.69, 9.17) is 0 Å². The minimum atomic E-state index is -2.89. The second-order valence-corrected chi connectivity index (χ2v) is 6.03. The van der Waals surface area contributed by atoms with Crippen LogP contribution in [0.4, 0.5) is 14.5 Å². The number of hydrogen-bond acceptors (Lipinski definition) is 4. The Balaban J connectivity index is 1.89. The molecular weight excluding hydrogens is 332 g/mol. The molecule has 0 heterocycles. The number of carbonyl (C=O) groups excluding carboxylic acids is 2. The molecular formula is C17H23F2N3O3. The quantitative estimate of drug-likeness (QED) is 0.701. The second kappa shape index (κ2) is 8.75. The van der Waals surface area contributed by atoms with Crippen LogP contribution in [-0.2, 0) is 9.59 Å². The van der Waals surface area contributed by atoms with E-state index < -0.39 is 12.2 Å². The molecule has 1 aliphatic carbocycles. The van der Waals surface area contributed by atoms with E-state index in [1.807, 2.05) is 0 Å². The summed E-state index contributed by atoms with van der Waals surface area (Å²) in [6, 6.07) is 5.65. The van der Waals surface area contributed by atoms with Crippen LogP contribution in [0, 0.1) is 0 Å². The predicted octanol–water partition coefficient (Wildman–Crippen LogP) is 2.26. The maximum Gasteiger partial charge on any atom is 0.387 e. The number of halogens is 2. The SMILES string of the molecule is CNC(=O)C1(NCC(=O)Nc2ccc(OC(F)F)cc2)CCCCC1. The van der Waals surface area contributed by atoms with Gasteiger partial charge in [0.2, 0.25) is 11.8 Å². The number of alkyl halides is 2. The third-order valence-corrected chi connectivity index (χ3v) is 4.32. The Morgan fingerprint density at radius 1 is 1.16 bits per heavy atom. The maximum absolute atomic E-state index is 12.2. The standard InChI is InChI=1S/C17H23F2N3O3/c1-20-15(24)17(9-3-2-4-10-17)21-11-14(23)22-12-5-7-13(8-6-12)25-16(18)19/h5-8,16,21H,2-4,9-11H2,1H3,(H,20,24)(H,22,23). The second-order valence-electron chi connectivity index (χ2n) is 6.03. The van der Waals surface area contributed by atoms with E-state index in [1.54, 1.807) is 7.05 Å². The number of ether oxygens (including phenoxy) is 1. The summed E-state index contributed by atoms with van der Waals surface area (Å²) < 4.78 is 28.5. The zero-order valence-electron chi connectivity index (χ0n) is 14.1. The molecule has 1 saturated carbocycles. The molecule has 0 atom stereocenters. The fourth-order valence-electron chi connectivity index (χ4n) is 3.05. The first kappa shape index (κ1) is 19.1. The van der Waals surface area contributed by atoms with Gasteiger partial charge >= 0.3 is 6.61 Å². The van der Waals surface area contributed by atoms with Gasteiger partial charge in [-0.2, -0.15) is 8.78 Å². The van der Waals surface area contributed by atoms with E-state index in [0.717, 1.165) is 19.3 Å². The van der Waals surface area contributed by atoms with Gasteiger partial charge in [0.15, 0.2) is 0 Å². The fourth-order valence-corrected chi connectivity index (χ4v) is 3.05. The number of hydrogen-bond donors (Lipinski definition) is 3. The fraction of sp³-hybridized carbons (Fsp3) is 0.529. The lowest BCUT2D eigenvalue weighted by atomic mass is 9.81. The topological polar surface area (TPSA) is 79.5 Å². The molecule has 8 heteroatoms. The van der Waals surface area contributed by atoms with E-state index in [0.29, 0.717) is 18.5 Å². The molecule has 2 rings (SSSR count). The van der Waals surface area contributed by atoms with E-state index >= 15 is 0 Å². The lowest BCUT2D eigenvalue weighted by molar-refractivity contribution is -0.129. The number of rotatable bonds is 7. The number of anilines is 1. The van der Waals surface area contributed by atoms with Crippen molar-refractivity contribution in [2.75, 3.05) is 18.9 Å². The first-order valence-corrected chi connectivity index (χ1v) is 8.27. The van der Waals surface area contributed by atoms with Crippen molar-refractivity contribution in [3.8, 4) is 5.75 Å². The lowest BCUT2D eigenvalue weighted by Crippen LogP contribution is -2.58. The maximum atomic E-state index is 12.2. The molecule has 25 heavy (non-hydrogen) atoms. The van der Waals surface area contributed by atoms with Gasteiger partial charge in [-0.05, 0) is 37.1 Å². The van der Waals surface area contributed by atoms with E-state index in [9.17, 15) is 18.4 Å². The highest BCUT2D eigenvalue weighted by Crippen LogP contribution is 2.28. The molecule has 0 saturated heterocycles. The highest BCUT2D eigenvalue weighted by atomic mass is 19.3. The van der Waals surface area contributed by atoms with Crippen LogP contribution in [0.25, 0.3) is 0 Å². The number of nitrogens with one attached hydrogen (secondary N) is 3. The summed E-state index contributed by atoms with van der Waals surface area (Å²) >= 11 is 0. The molecule has 0 bridgehead atoms. The number of amides is 2. The third kappa shape index (κ3) is 5.38. The van der Waals surface area contributed by atoms with Gasteiger partial charge in [0.1, 0.15) is 5.75 Å². The highest BCUT2D eigenvalue weighted by molar-refractivity contribution is 5.93. The van der Waals surface area contributed by atoms with Gasteiger partial charge in [-0.1, -0.05) is 19.3 Å². The molecule has 1 fully saturated rings. The molecule has 0 unspecified atom stereocenters. The van der Waals surface area contributed by atoms with Crippen molar-refractivity contribution >= 4 is 17.5 Å². The van der Waals surface area contributed by atoms with Gasteiger partial charge < -0.3 is 15.4 Å². The van der Waals surface area contributed by atoms with E-state index in [-0.39, 0.29) is 24.1 Å². The molecule has 0 aromatic heterocycles. The molecule has 0 radical (unpaired) electrons. The highest BCUT2D eigenvalue weighted by Gasteiger charge is 2.38. The lowest BCUT2D eigenvalue weighted by Gasteiger charge is -2.36.